The van der Waals surface area contributed by atoms with Crippen molar-refractivity contribution in [3.8, 4) is 0 Å². The SMILES string of the molecule is CC(C)C1CCCCC1(O)c1cc2cc(F)ccc2o1. The molecule has 0 saturated heterocycles. The predicted molar refractivity (Wildman–Crippen MR) is 76.9 cm³/mol. The Labute approximate surface area is 118 Å². The summed E-state index contributed by atoms with van der Waals surface area (Å²) in [5.74, 6) is 0.907. The summed E-state index contributed by atoms with van der Waals surface area (Å²) in [7, 11) is 0. The topological polar surface area (TPSA) is 33.4 Å². The molecule has 2 atom stereocenters. The number of benzene rings is 1. The first-order valence-electron chi connectivity index (χ1n) is 7.42. The van der Waals surface area contributed by atoms with E-state index in [-0.39, 0.29) is 11.7 Å². The monoisotopic (exact) mass is 276 g/mol. The van der Waals surface area contributed by atoms with E-state index in [2.05, 4.69) is 13.8 Å². The maximum absolute atomic E-state index is 13.3. The third-order valence-corrected chi connectivity index (χ3v) is 4.65. The summed E-state index contributed by atoms with van der Waals surface area (Å²) in [6.45, 7) is 4.28. The Bertz CT molecular complexity index is 616. The molecule has 2 aromatic rings. The number of hydrogen-bond donors (Lipinski definition) is 1. The molecule has 1 heterocycles. The smallest absolute Gasteiger partial charge is 0.137 e. The zero-order chi connectivity index (χ0) is 14.3. The number of rotatable bonds is 2. The summed E-state index contributed by atoms with van der Waals surface area (Å²) in [6.07, 6.45) is 3.89. The zero-order valence-corrected chi connectivity index (χ0v) is 12.0. The highest BCUT2D eigenvalue weighted by Gasteiger charge is 2.44. The van der Waals surface area contributed by atoms with Crippen LogP contribution in [0.25, 0.3) is 11.0 Å². The normalized spacial score (nSPS) is 27.4. The molecule has 1 saturated carbocycles. The average Bonchev–Trinajstić information content (AvgIpc) is 2.82. The van der Waals surface area contributed by atoms with E-state index < -0.39 is 5.60 Å². The van der Waals surface area contributed by atoms with Gasteiger partial charge in [0.15, 0.2) is 0 Å². The van der Waals surface area contributed by atoms with Crippen molar-refractivity contribution in [3.63, 3.8) is 0 Å². The van der Waals surface area contributed by atoms with Gasteiger partial charge >= 0.3 is 0 Å². The largest absolute Gasteiger partial charge is 0.458 e. The molecule has 0 amide bonds. The van der Waals surface area contributed by atoms with Crippen LogP contribution in [0, 0.1) is 17.7 Å². The molecular formula is C17H21FO2. The van der Waals surface area contributed by atoms with Crippen molar-refractivity contribution in [2.24, 2.45) is 11.8 Å². The second-order valence-electron chi connectivity index (χ2n) is 6.31. The van der Waals surface area contributed by atoms with E-state index in [0.717, 1.165) is 31.1 Å². The van der Waals surface area contributed by atoms with Crippen LogP contribution in [-0.4, -0.2) is 5.11 Å². The molecule has 1 aliphatic carbocycles. The first kappa shape index (κ1) is 13.6. The van der Waals surface area contributed by atoms with Gasteiger partial charge in [-0.15, -0.1) is 0 Å². The van der Waals surface area contributed by atoms with Crippen molar-refractivity contribution in [2.75, 3.05) is 0 Å². The molecule has 1 fully saturated rings. The fraction of sp³-hybridized carbons (Fsp3) is 0.529. The average molecular weight is 276 g/mol. The number of aliphatic hydroxyl groups is 1. The van der Waals surface area contributed by atoms with E-state index >= 15 is 0 Å². The van der Waals surface area contributed by atoms with E-state index in [1.54, 1.807) is 12.1 Å². The Balaban J connectivity index is 2.06. The highest BCUT2D eigenvalue weighted by Crippen LogP contribution is 2.46. The molecular weight excluding hydrogens is 255 g/mol. The Morgan fingerprint density at radius 1 is 1.30 bits per heavy atom. The fourth-order valence-corrected chi connectivity index (χ4v) is 3.60. The Hall–Kier alpha value is -1.35. The van der Waals surface area contributed by atoms with Crippen molar-refractivity contribution in [1.29, 1.82) is 0 Å². The van der Waals surface area contributed by atoms with Gasteiger partial charge in [0.05, 0.1) is 0 Å². The number of halogens is 1. The molecule has 0 spiro atoms. The van der Waals surface area contributed by atoms with Crippen molar-refractivity contribution < 1.29 is 13.9 Å². The minimum atomic E-state index is -0.915. The van der Waals surface area contributed by atoms with Gasteiger partial charge in [0.25, 0.3) is 0 Å². The summed E-state index contributed by atoms with van der Waals surface area (Å²) < 4.78 is 19.1. The van der Waals surface area contributed by atoms with Crippen LogP contribution in [0.3, 0.4) is 0 Å². The van der Waals surface area contributed by atoms with E-state index in [9.17, 15) is 9.50 Å². The summed E-state index contributed by atoms with van der Waals surface area (Å²) in [4.78, 5) is 0. The van der Waals surface area contributed by atoms with Gasteiger partial charge in [-0.2, -0.15) is 0 Å². The molecule has 108 valence electrons. The number of fused-ring (bicyclic) bond motifs is 1. The zero-order valence-electron chi connectivity index (χ0n) is 12.0. The first-order chi connectivity index (χ1) is 9.50. The van der Waals surface area contributed by atoms with Crippen LogP contribution in [0.5, 0.6) is 0 Å². The molecule has 0 radical (unpaired) electrons. The molecule has 2 nitrogen and oxygen atoms in total. The van der Waals surface area contributed by atoms with E-state index in [0.29, 0.717) is 17.3 Å². The summed E-state index contributed by atoms with van der Waals surface area (Å²) in [5.41, 5.74) is -0.273. The van der Waals surface area contributed by atoms with Gasteiger partial charge in [0.2, 0.25) is 0 Å². The molecule has 3 rings (SSSR count). The van der Waals surface area contributed by atoms with Gasteiger partial charge < -0.3 is 9.52 Å². The van der Waals surface area contributed by atoms with Gasteiger partial charge in [-0.05, 0) is 48.9 Å². The predicted octanol–water partition coefficient (Wildman–Crippen LogP) is 4.61. The lowest BCUT2D eigenvalue weighted by Gasteiger charge is -2.40. The van der Waals surface area contributed by atoms with Gasteiger partial charge in [-0.25, -0.2) is 4.39 Å². The molecule has 1 aromatic carbocycles. The third kappa shape index (κ3) is 2.14. The lowest BCUT2D eigenvalue weighted by atomic mass is 9.69. The Kier molecular flexibility index (Phi) is 3.33. The molecule has 1 aromatic heterocycles. The molecule has 2 unspecified atom stereocenters. The van der Waals surface area contributed by atoms with E-state index in [1.165, 1.54) is 12.1 Å². The fourth-order valence-electron chi connectivity index (χ4n) is 3.60. The maximum atomic E-state index is 13.3. The Morgan fingerprint density at radius 3 is 2.85 bits per heavy atom. The molecule has 3 heteroatoms. The molecule has 0 bridgehead atoms. The van der Waals surface area contributed by atoms with Crippen LogP contribution in [-0.2, 0) is 5.60 Å². The van der Waals surface area contributed by atoms with Crippen molar-refractivity contribution in [1.82, 2.24) is 0 Å². The molecule has 1 N–H and O–H groups in total. The third-order valence-electron chi connectivity index (χ3n) is 4.65. The van der Waals surface area contributed by atoms with Crippen LogP contribution in [0.1, 0.15) is 45.3 Å². The lowest BCUT2D eigenvalue weighted by Crippen LogP contribution is -2.40. The van der Waals surface area contributed by atoms with Crippen molar-refractivity contribution in [2.45, 2.75) is 45.1 Å². The first-order valence-corrected chi connectivity index (χ1v) is 7.42. The molecule has 1 aliphatic rings. The lowest BCUT2D eigenvalue weighted by molar-refractivity contribution is -0.0862. The van der Waals surface area contributed by atoms with Crippen molar-refractivity contribution in [3.05, 3.63) is 35.8 Å². The highest BCUT2D eigenvalue weighted by atomic mass is 19.1. The second-order valence-corrected chi connectivity index (χ2v) is 6.31. The minimum absolute atomic E-state index is 0.196. The van der Waals surface area contributed by atoms with Crippen LogP contribution in [0.2, 0.25) is 0 Å². The number of hydrogen-bond acceptors (Lipinski definition) is 2. The highest BCUT2D eigenvalue weighted by molar-refractivity contribution is 5.78. The van der Waals surface area contributed by atoms with Gasteiger partial charge in [0, 0.05) is 5.39 Å². The molecule has 20 heavy (non-hydrogen) atoms. The van der Waals surface area contributed by atoms with E-state index in [4.69, 9.17) is 4.42 Å². The van der Waals surface area contributed by atoms with Crippen LogP contribution in [0.4, 0.5) is 4.39 Å². The van der Waals surface area contributed by atoms with Crippen LogP contribution >= 0.6 is 0 Å². The second kappa shape index (κ2) is 4.88. The standard InChI is InChI=1S/C17H21FO2/c1-11(2)14-5-3-4-8-17(14,19)16-10-12-9-13(18)6-7-15(12)20-16/h6-7,9-11,14,19H,3-5,8H2,1-2H3. The maximum Gasteiger partial charge on any atom is 0.137 e. The minimum Gasteiger partial charge on any atom is -0.458 e. The summed E-state index contributed by atoms with van der Waals surface area (Å²) in [5, 5.41) is 11.9. The summed E-state index contributed by atoms with van der Waals surface area (Å²) >= 11 is 0. The number of furan rings is 1. The van der Waals surface area contributed by atoms with E-state index in [1.807, 2.05) is 0 Å². The van der Waals surface area contributed by atoms with Gasteiger partial charge in [-0.3, -0.25) is 0 Å². The van der Waals surface area contributed by atoms with Gasteiger partial charge in [-0.1, -0.05) is 26.7 Å². The Morgan fingerprint density at radius 2 is 2.10 bits per heavy atom. The van der Waals surface area contributed by atoms with Crippen molar-refractivity contribution >= 4 is 11.0 Å². The van der Waals surface area contributed by atoms with Crippen LogP contribution < -0.4 is 0 Å². The molecule has 0 aliphatic heterocycles. The van der Waals surface area contributed by atoms with Gasteiger partial charge in [0.1, 0.15) is 22.8 Å². The quantitative estimate of drug-likeness (QED) is 0.869. The summed E-state index contributed by atoms with van der Waals surface area (Å²) in [6, 6.07) is 6.28. The van der Waals surface area contributed by atoms with Crippen LogP contribution in [0.15, 0.2) is 28.7 Å².